The fourth-order valence-electron chi connectivity index (χ4n) is 1.82. The first kappa shape index (κ1) is 16.4. The molecule has 20 heavy (non-hydrogen) atoms. The average Bonchev–Trinajstić information content (AvgIpc) is 2.43. The molecule has 5 heteroatoms. The second kappa shape index (κ2) is 8.53. The van der Waals surface area contributed by atoms with E-state index in [2.05, 4.69) is 22.5 Å². The Kier molecular flexibility index (Phi) is 7.01. The number of ether oxygens (including phenoxy) is 1. The number of carbonyl (C=O) groups excluding carboxylic acids is 1. The zero-order valence-corrected chi connectivity index (χ0v) is 12.8. The fraction of sp³-hybridized carbons (Fsp3) is 0.600. The van der Waals surface area contributed by atoms with E-state index in [0.717, 1.165) is 24.3 Å². The van der Waals surface area contributed by atoms with E-state index in [1.165, 1.54) is 0 Å². The van der Waals surface area contributed by atoms with Crippen LogP contribution >= 0.6 is 0 Å². The molecule has 112 valence electrons. The predicted molar refractivity (Wildman–Crippen MR) is 81.2 cm³/mol. The van der Waals surface area contributed by atoms with Gasteiger partial charge in [0.1, 0.15) is 0 Å². The number of pyridine rings is 1. The summed E-state index contributed by atoms with van der Waals surface area (Å²) < 4.78 is 5.40. The number of aryl methyl sites for hydroxylation is 1. The molecular formula is C15H25N3O2. The van der Waals surface area contributed by atoms with Crippen LogP contribution in [0.5, 0.6) is 0 Å². The third-order valence-electron chi connectivity index (χ3n) is 2.85. The van der Waals surface area contributed by atoms with Gasteiger partial charge in [0.2, 0.25) is 0 Å². The summed E-state index contributed by atoms with van der Waals surface area (Å²) in [6.45, 7) is 9.85. The summed E-state index contributed by atoms with van der Waals surface area (Å²) in [5.41, 5.74) is 2.30. The number of anilines is 1. The summed E-state index contributed by atoms with van der Waals surface area (Å²) in [7, 11) is 0. The molecule has 1 unspecified atom stereocenters. The maximum atomic E-state index is 12.2. The smallest absolute Gasteiger partial charge is 0.255 e. The lowest BCUT2D eigenvalue weighted by atomic mass is 10.2. The van der Waals surface area contributed by atoms with Crippen LogP contribution in [0.3, 0.4) is 0 Å². The maximum absolute atomic E-state index is 12.2. The van der Waals surface area contributed by atoms with Crippen LogP contribution in [0.15, 0.2) is 12.3 Å². The van der Waals surface area contributed by atoms with E-state index in [0.29, 0.717) is 18.7 Å². The molecule has 1 heterocycles. The molecule has 0 fully saturated rings. The number of nitrogens with one attached hydrogen (secondary N) is 2. The van der Waals surface area contributed by atoms with E-state index in [9.17, 15) is 4.79 Å². The molecule has 0 aliphatic rings. The van der Waals surface area contributed by atoms with Gasteiger partial charge in [-0.1, -0.05) is 6.92 Å². The average molecular weight is 279 g/mol. The topological polar surface area (TPSA) is 63.2 Å². The number of amides is 1. The van der Waals surface area contributed by atoms with E-state index in [1.807, 2.05) is 26.8 Å². The first-order valence-electron chi connectivity index (χ1n) is 7.18. The Morgan fingerprint density at radius 1 is 1.45 bits per heavy atom. The fourth-order valence-corrected chi connectivity index (χ4v) is 1.82. The summed E-state index contributed by atoms with van der Waals surface area (Å²) in [6, 6.07) is 1.90. The molecule has 1 amide bonds. The minimum atomic E-state index is -0.123. The molecule has 0 saturated heterocycles. The third-order valence-corrected chi connectivity index (χ3v) is 2.85. The molecular weight excluding hydrogens is 254 g/mol. The molecule has 0 spiro atoms. The van der Waals surface area contributed by atoms with Crippen molar-refractivity contribution in [1.29, 1.82) is 0 Å². The van der Waals surface area contributed by atoms with Crippen LogP contribution in [0.2, 0.25) is 0 Å². The van der Waals surface area contributed by atoms with Gasteiger partial charge in [-0.15, -0.1) is 0 Å². The zero-order chi connectivity index (χ0) is 15.0. The van der Waals surface area contributed by atoms with Gasteiger partial charge in [-0.25, -0.2) is 0 Å². The largest absolute Gasteiger partial charge is 0.384 e. The first-order chi connectivity index (χ1) is 9.58. The number of aromatic nitrogens is 1. The molecule has 2 N–H and O–H groups in total. The predicted octanol–water partition coefficient (Wildman–Crippen LogP) is 2.37. The second-order valence-electron chi connectivity index (χ2n) is 4.77. The zero-order valence-electron chi connectivity index (χ0n) is 12.8. The van der Waals surface area contributed by atoms with Crippen molar-refractivity contribution in [2.75, 3.05) is 25.0 Å². The normalized spacial score (nSPS) is 12.0. The molecule has 0 radical (unpaired) electrons. The molecule has 0 aliphatic heterocycles. The highest BCUT2D eigenvalue weighted by molar-refractivity contribution is 5.99. The van der Waals surface area contributed by atoms with Gasteiger partial charge in [-0.3, -0.25) is 9.78 Å². The van der Waals surface area contributed by atoms with E-state index >= 15 is 0 Å². The van der Waals surface area contributed by atoms with Crippen molar-refractivity contribution in [2.45, 2.75) is 40.2 Å². The Balaban J connectivity index is 2.71. The molecule has 0 bridgehead atoms. The van der Waals surface area contributed by atoms with Crippen molar-refractivity contribution < 1.29 is 9.53 Å². The van der Waals surface area contributed by atoms with Crippen molar-refractivity contribution in [3.05, 3.63) is 23.5 Å². The van der Waals surface area contributed by atoms with Gasteiger partial charge in [0, 0.05) is 31.6 Å². The summed E-state index contributed by atoms with van der Waals surface area (Å²) in [5.74, 6) is -0.123. The van der Waals surface area contributed by atoms with Crippen LogP contribution in [0.25, 0.3) is 0 Å². The van der Waals surface area contributed by atoms with Gasteiger partial charge >= 0.3 is 0 Å². The lowest BCUT2D eigenvalue weighted by molar-refractivity contribution is 0.0695. The van der Waals surface area contributed by atoms with Gasteiger partial charge in [0.15, 0.2) is 0 Å². The Morgan fingerprint density at radius 3 is 2.85 bits per heavy atom. The maximum Gasteiger partial charge on any atom is 0.255 e. The van der Waals surface area contributed by atoms with E-state index < -0.39 is 0 Å². The Labute approximate surface area is 121 Å². The molecule has 1 aromatic rings. The molecule has 5 nitrogen and oxygen atoms in total. The van der Waals surface area contributed by atoms with Crippen molar-refractivity contribution >= 4 is 11.6 Å². The highest BCUT2D eigenvalue weighted by Gasteiger charge is 2.13. The molecule has 1 rings (SSSR count). The lowest BCUT2D eigenvalue weighted by Crippen LogP contribution is -2.32. The number of rotatable bonds is 8. The third kappa shape index (κ3) is 5.17. The lowest BCUT2D eigenvalue weighted by Gasteiger charge is -2.15. The number of carbonyl (C=O) groups is 1. The Hall–Kier alpha value is -1.62. The number of hydrogen-bond acceptors (Lipinski definition) is 4. The van der Waals surface area contributed by atoms with E-state index in [-0.39, 0.29) is 12.0 Å². The van der Waals surface area contributed by atoms with Gasteiger partial charge in [0.25, 0.3) is 5.91 Å². The molecule has 1 aromatic heterocycles. The van der Waals surface area contributed by atoms with Crippen molar-refractivity contribution in [1.82, 2.24) is 10.3 Å². The SMILES string of the molecule is CCCNc1cc(C)ncc1C(=O)NCC(C)OCC. The van der Waals surface area contributed by atoms with Crippen LogP contribution < -0.4 is 10.6 Å². The molecule has 0 saturated carbocycles. The van der Waals surface area contributed by atoms with Gasteiger partial charge in [-0.2, -0.15) is 0 Å². The van der Waals surface area contributed by atoms with Crippen LogP contribution in [-0.4, -0.2) is 36.7 Å². The van der Waals surface area contributed by atoms with Crippen molar-refractivity contribution in [2.24, 2.45) is 0 Å². The Bertz CT molecular complexity index is 435. The molecule has 0 aromatic carbocycles. The minimum absolute atomic E-state index is 0.00871. The van der Waals surface area contributed by atoms with Crippen molar-refractivity contribution in [3.8, 4) is 0 Å². The van der Waals surface area contributed by atoms with E-state index in [4.69, 9.17) is 4.74 Å². The molecule has 1 atom stereocenters. The monoisotopic (exact) mass is 279 g/mol. The van der Waals surface area contributed by atoms with Crippen molar-refractivity contribution in [3.63, 3.8) is 0 Å². The minimum Gasteiger partial charge on any atom is -0.384 e. The first-order valence-corrected chi connectivity index (χ1v) is 7.18. The summed E-state index contributed by atoms with van der Waals surface area (Å²) in [5, 5.41) is 6.14. The van der Waals surface area contributed by atoms with Crippen LogP contribution in [0.1, 0.15) is 43.2 Å². The van der Waals surface area contributed by atoms with Crippen LogP contribution in [0, 0.1) is 6.92 Å². The Morgan fingerprint density at radius 2 is 2.20 bits per heavy atom. The number of nitrogens with zero attached hydrogens (tertiary/aromatic N) is 1. The summed E-state index contributed by atoms with van der Waals surface area (Å²) >= 11 is 0. The summed E-state index contributed by atoms with van der Waals surface area (Å²) in [4.78, 5) is 16.4. The number of hydrogen-bond donors (Lipinski definition) is 2. The quantitative estimate of drug-likeness (QED) is 0.767. The summed E-state index contributed by atoms with van der Waals surface area (Å²) in [6.07, 6.45) is 2.63. The van der Waals surface area contributed by atoms with E-state index in [1.54, 1.807) is 6.20 Å². The highest BCUT2D eigenvalue weighted by atomic mass is 16.5. The van der Waals surface area contributed by atoms with Crippen LogP contribution in [0.4, 0.5) is 5.69 Å². The second-order valence-corrected chi connectivity index (χ2v) is 4.77. The van der Waals surface area contributed by atoms with Crippen LogP contribution in [-0.2, 0) is 4.74 Å². The molecule has 0 aliphatic carbocycles. The van der Waals surface area contributed by atoms with Gasteiger partial charge < -0.3 is 15.4 Å². The highest BCUT2D eigenvalue weighted by Crippen LogP contribution is 2.15. The standard InChI is InChI=1S/C15H25N3O2/c1-5-7-16-14-8-11(3)17-10-13(14)15(19)18-9-12(4)20-6-2/h8,10,12H,5-7,9H2,1-4H3,(H,16,17)(H,18,19). The van der Waals surface area contributed by atoms with Gasteiger partial charge in [-0.05, 0) is 33.3 Å². The van der Waals surface area contributed by atoms with Gasteiger partial charge in [0.05, 0.1) is 17.4 Å².